The molecule has 2 saturated heterocycles. The third-order valence-electron chi connectivity index (χ3n) is 5.03. The second kappa shape index (κ2) is 8.89. The van der Waals surface area contributed by atoms with Crippen LogP contribution in [0.15, 0.2) is 24.3 Å². The lowest BCUT2D eigenvalue weighted by atomic mass is 9.94. The predicted octanol–water partition coefficient (Wildman–Crippen LogP) is 1.91. The highest BCUT2D eigenvalue weighted by molar-refractivity contribution is 7.88. The Morgan fingerprint density at radius 3 is 2.54 bits per heavy atom. The molecule has 0 aliphatic carbocycles. The topological polar surface area (TPSA) is 69.7 Å². The Morgan fingerprint density at radius 1 is 1.23 bits per heavy atom. The average molecular weight is 422 g/mol. The molecule has 0 spiro atoms. The summed E-state index contributed by atoms with van der Waals surface area (Å²) in [6, 6.07) is 7.60. The summed E-state index contributed by atoms with van der Waals surface area (Å²) in [7, 11) is -3.17. The van der Waals surface area contributed by atoms with Gasteiger partial charge >= 0.3 is 0 Å². The van der Waals surface area contributed by atoms with Gasteiger partial charge < -0.3 is 10.2 Å². The second-order valence-corrected chi connectivity index (χ2v) is 9.16. The molecule has 0 bridgehead atoms. The molecule has 2 fully saturated rings. The molecule has 0 saturated carbocycles. The number of hydrogen-bond donors (Lipinski definition) is 1. The summed E-state index contributed by atoms with van der Waals surface area (Å²) < 4.78 is 24.7. The summed E-state index contributed by atoms with van der Waals surface area (Å²) in [5.41, 5.74) is 1.03. The standard InChI is InChI=1S/C17H24ClN3O3S.ClH/c1-25(23,24)20-8-5-13(6-9-20)17(22)21-10-7-19-12-16(21)14-3-2-4-15(18)11-14;/h2-4,11,13,16,19H,5-10,12H2,1H3;1H. The number of amides is 1. The predicted molar refractivity (Wildman–Crippen MR) is 105 cm³/mol. The van der Waals surface area contributed by atoms with E-state index in [9.17, 15) is 13.2 Å². The van der Waals surface area contributed by atoms with Gasteiger partial charge in [-0.1, -0.05) is 23.7 Å². The first kappa shape index (κ1) is 21.4. The third-order valence-corrected chi connectivity index (χ3v) is 6.57. The molecule has 9 heteroatoms. The van der Waals surface area contributed by atoms with E-state index in [0.717, 1.165) is 12.1 Å². The molecule has 1 atom stereocenters. The number of piperidine rings is 1. The van der Waals surface area contributed by atoms with E-state index in [2.05, 4.69) is 5.32 Å². The van der Waals surface area contributed by atoms with Crippen molar-refractivity contribution in [1.82, 2.24) is 14.5 Å². The Morgan fingerprint density at radius 2 is 1.92 bits per heavy atom. The number of rotatable bonds is 3. The van der Waals surface area contributed by atoms with Gasteiger partial charge in [-0.25, -0.2) is 12.7 Å². The van der Waals surface area contributed by atoms with Gasteiger partial charge in [0.15, 0.2) is 0 Å². The Balaban J connectivity index is 0.00000243. The maximum absolute atomic E-state index is 13.1. The minimum Gasteiger partial charge on any atom is -0.333 e. The molecule has 1 unspecified atom stereocenters. The van der Waals surface area contributed by atoms with Crippen LogP contribution in [0.4, 0.5) is 0 Å². The van der Waals surface area contributed by atoms with Gasteiger partial charge in [0, 0.05) is 43.7 Å². The number of sulfonamides is 1. The Labute approximate surface area is 166 Å². The van der Waals surface area contributed by atoms with Crippen LogP contribution in [0.25, 0.3) is 0 Å². The van der Waals surface area contributed by atoms with Gasteiger partial charge in [0.2, 0.25) is 15.9 Å². The number of nitrogens with one attached hydrogen (secondary N) is 1. The molecular weight excluding hydrogens is 397 g/mol. The zero-order valence-corrected chi connectivity index (χ0v) is 17.1. The van der Waals surface area contributed by atoms with E-state index in [1.54, 1.807) is 0 Å². The Kier molecular flexibility index (Phi) is 7.33. The maximum atomic E-state index is 13.1. The summed E-state index contributed by atoms with van der Waals surface area (Å²) in [5, 5.41) is 4.01. The fourth-order valence-corrected chi connectivity index (χ4v) is 4.72. The lowest BCUT2D eigenvalue weighted by Crippen LogP contribution is -2.52. The number of piperazine rings is 1. The van der Waals surface area contributed by atoms with Gasteiger partial charge in [0.1, 0.15) is 0 Å². The smallest absolute Gasteiger partial charge is 0.226 e. The van der Waals surface area contributed by atoms with Crippen molar-refractivity contribution in [2.45, 2.75) is 18.9 Å². The van der Waals surface area contributed by atoms with Gasteiger partial charge in [-0.3, -0.25) is 4.79 Å². The van der Waals surface area contributed by atoms with E-state index in [0.29, 0.717) is 44.0 Å². The lowest BCUT2D eigenvalue weighted by molar-refractivity contribution is -0.140. The largest absolute Gasteiger partial charge is 0.333 e. The fourth-order valence-electron chi connectivity index (χ4n) is 3.65. The van der Waals surface area contributed by atoms with E-state index in [1.165, 1.54) is 10.6 Å². The molecule has 2 aliphatic heterocycles. The van der Waals surface area contributed by atoms with Crippen LogP contribution in [0, 0.1) is 5.92 Å². The first-order valence-electron chi connectivity index (χ1n) is 8.58. The highest BCUT2D eigenvalue weighted by Gasteiger charge is 2.35. The SMILES string of the molecule is CS(=O)(=O)N1CCC(C(=O)N2CCNCC2c2cccc(Cl)c2)CC1.Cl. The molecular formula is C17H25Cl2N3O3S. The van der Waals surface area contributed by atoms with E-state index < -0.39 is 10.0 Å². The molecule has 6 nitrogen and oxygen atoms in total. The quantitative estimate of drug-likeness (QED) is 0.808. The first-order chi connectivity index (χ1) is 11.9. The van der Waals surface area contributed by atoms with Crippen molar-refractivity contribution in [3.8, 4) is 0 Å². The second-order valence-electron chi connectivity index (χ2n) is 6.74. The molecule has 0 aromatic heterocycles. The molecule has 2 heterocycles. The average Bonchev–Trinajstić information content (AvgIpc) is 2.60. The van der Waals surface area contributed by atoms with E-state index in [-0.39, 0.29) is 30.3 Å². The Bertz CT molecular complexity index is 737. The van der Waals surface area contributed by atoms with Crippen molar-refractivity contribution in [1.29, 1.82) is 0 Å². The highest BCUT2D eigenvalue weighted by atomic mass is 35.5. The zero-order valence-electron chi connectivity index (χ0n) is 14.7. The minimum absolute atomic E-state index is 0. The van der Waals surface area contributed by atoms with Crippen LogP contribution in [0.5, 0.6) is 0 Å². The summed E-state index contributed by atoms with van der Waals surface area (Å²) in [6.45, 7) is 2.97. The number of halogens is 2. The van der Waals surface area contributed by atoms with E-state index >= 15 is 0 Å². The summed E-state index contributed by atoms with van der Waals surface area (Å²) in [5.74, 6) is 0.0115. The minimum atomic E-state index is -3.17. The molecule has 1 aromatic carbocycles. The first-order valence-corrected chi connectivity index (χ1v) is 10.8. The maximum Gasteiger partial charge on any atom is 0.226 e. The van der Waals surface area contributed by atoms with Crippen molar-refractivity contribution >= 4 is 39.9 Å². The Hall–Kier alpha value is -0.860. The highest BCUT2D eigenvalue weighted by Crippen LogP contribution is 2.29. The van der Waals surface area contributed by atoms with Gasteiger partial charge in [-0.15, -0.1) is 12.4 Å². The van der Waals surface area contributed by atoms with Crippen molar-refractivity contribution in [3.05, 3.63) is 34.9 Å². The molecule has 1 amide bonds. The van der Waals surface area contributed by atoms with Crippen LogP contribution in [-0.2, 0) is 14.8 Å². The van der Waals surface area contributed by atoms with Gasteiger partial charge in [-0.05, 0) is 30.5 Å². The van der Waals surface area contributed by atoms with Crippen LogP contribution in [-0.4, -0.2) is 62.5 Å². The van der Waals surface area contributed by atoms with Crippen LogP contribution in [0.1, 0.15) is 24.4 Å². The summed E-state index contributed by atoms with van der Waals surface area (Å²) in [6.07, 6.45) is 2.39. The molecule has 0 radical (unpaired) electrons. The number of carbonyl (C=O) groups excluding carboxylic acids is 1. The number of carbonyl (C=O) groups is 1. The molecule has 1 aromatic rings. The summed E-state index contributed by atoms with van der Waals surface area (Å²) in [4.78, 5) is 15.0. The van der Waals surface area contributed by atoms with Crippen LogP contribution in [0.3, 0.4) is 0 Å². The molecule has 2 aliphatic rings. The fraction of sp³-hybridized carbons (Fsp3) is 0.588. The van der Waals surface area contributed by atoms with Crippen molar-refractivity contribution in [2.75, 3.05) is 39.0 Å². The molecule has 146 valence electrons. The van der Waals surface area contributed by atoms with Crippen LogP contribution >= 0.6 is 24.0 Å². The van der Waals surface area contributed by atoms with Crippen LogP contribution < -0.4 is 5.32 Å². The van der Waals surface area contributed by atoms with Gasteiger partial charge in [0.05, 0.1) is 12.3 Å². The number of nitrogens with zero attached hydrogens (tertiary/aromatic N) is 2. The van der Waals surface area contributed by atoms with Crippen LogP contribution in [0.2, 0.25) is 5.02 Å². The zero-order chi connectivity index (χ0) is 18.0. The van der Waals surface area contributed by atoms with Gasteiger partial charge in [0.25, 0.3) is 0 Å². The lowest BCUT2D eigenvalue weighted by Gasteiger charge is -2.40. The summed E-state index contributed by atoms with van der Waals surface area (Å²) >= 11 is 6.11. The number of benzene rings is 1. The van der Waals surface area contributed by atoms with E-state index in [4.69, 9.17) is 11.6 Å². The van der Waals surface area contributed by atoms with Crippen molar-refractivity contribution < 1.29 is 13.2 Å². The third kappa shape index (κ3) is 4.89. The normalized spacial score (nSPS) is 22.7. The van der Waals surface area contributed by atoms with Crippen molar-refractivity contribution in [2.24, 2.45) is 5.92 Å². The van der Waals surface area contributed by atoms with E-state index in [1.807, 2.05) is 29.2 Å². The van der Waals surface area contributed by atoms with Gasteiger partial charge in [-0.2, -0.15) is 0 Å². The molecule has 26 heavy (non-hydrogen) atoms. The number of hydrogen-bond acceptors (Lipinski definition) is 4. The molecule has 3 rings (SSSR count). The molecule has 1 N–H and O–H groups in total. The van der Waals surface area contributed by atoms with Crippen molar-refractivity contribution in [3.63, 3.8) is 0 Å². The monoisotopic (exact) mass is 421 g/mol.